The van der Waals surface area contributed by atoms with Gasteiger partial charge in [-0.1, -0.05) is 24.3 Å². The van der Waals surface area contributed by atoms with Crippen molar-refractivity contribution in [2.45, 2.75) is 44.1 Å². The first kappa shape index (κ1) is 20.9. The summed E-state index contributed by atoms with van der Waals surface area (Å²) in [5.41, 5.74) is 3.62. The van der Waals surface area contributed by atoms with Crippen molar-refractivity contribution in [2.75, 3.05) is 19.7 Å². The number of aliphatic hydroxyl groups is 1. The lowest BCUT2D eigenvalue weighted by atomic mass is 10.0. The van der Waals surface area contributed by atoms with Gasteiger partial charge in [0.25, 0.3) is 0 Å². The Hall–Kier alpha value is -2.98. The van der Waals surface area contributed by atoms with Crippen molar-refractivity contribution in [3.63, 3.8) is 0 Å². The zero-order valence-corrected chi connectivity index (χ0v) is 18.0. The maximum atomic E-state index is 10.5. The molecule has 0 saturated carbocycles. The number of hydrogen-bond donors (Lipinski definition) is 1. The second kappa shape index (κ2) is 9.25. The monoisotopic (exact) mass is 429 g/mol. The van der Waals surface area contributed by atoms with Gasteiger partial charge in [-0.05, 0) is 61.1 Å². The van der Waals surface area contributed by atoms with Crippen LogP contribution in [0.2, 0.25) is 0 Å². The highest BCUT2D eigenvalue weighted by Crippen LogP contribution is 2.28. The number of rotatable bonds is 5. The lowest BCUT2D eigenvalue weighted by Gasteiger charge is -2.36. The van der Waals surface area contributed by atoms with E-state index in [1.54, 1.807) is 6.20 Å². The molecule has 1 N–H and O–H groups in total. The number of piperidine rings is 1. The molecule has 2 aliphatic rings. The summed E-state index contributed by atoms with van der Waals surface area (Å²) in [5, 5.41) is 20.5. The predicted molar refractivity (Wildman–Crippen MR) is 122 cm³/mol. The third-order valence-corrected chi connectivity index (χ3v) is 6.45. The Balaban J connectivity index is 1.19. The summed E-state index contributed by atoms with van der Waals surface area (Å²) in [6.07, 6.45) is 4.99. The molecule has 1 unspecified atom stereocenters. The highest BCUT2D eigenvalue weighted by atomic mass is 16.5. The molecular formula is C26H27N3O3. The smallest absolute Gasteiger partial charge is 0.133 e. The molecular weight excluding hydrogens is 402 g/mol. The Morgan fingerprint density at radius 3 is 2.56 bits per heavy atom. The van der Waals surface area contributed by atoms with Crippen molar-refractivity contribution in [2.24, 2.45) is 0 Å². The number of benzene rings is 2. The molecule has 2 atom stereocenters. The quantitative estimate of drug-likeness (QED) is 0.658. The first-order valence-corrected chi connectivity index (χ1v) is 11.3. The second-order valence-corrected chi connectivity index (χ2v) is 8.59. The maximum Gasteiger partial charge on any atom is 0.133 e. The summed E-state index contributed by atoms with van der Waals surface area (Å²) in [6, 6.07) is 18.2. The minimum atomic E-state index is -0.499. The number of pyridine rings is 1. The zero-order valence-electron chi connectivity index (χ0n) is 18.0. The van der Waals surface area contributed by atoms with Gasteiger partial charge in [0.05, 0.1) is 17.2 Å². The van der Waals surface area contributed by atoms with E-state index < -0.39 is 6.23 Å². The molecule has 0 amide bonds. The molecule has 1 aromatic heterocycles. The van der Waals surface area contributed by atoms with Gasteiger partial charge in [0, 0.05) is 31.3 Å². The van der Waals surface area contributed by atoms with Crippen LogP contribution in [0.1, 0.15) is 31.2 Å². The molecule has 0 aliphatic carbocycles. The van der Waals surface area contributed by atoms with Gasteiger partial charge >= 0.3 is 0 Å². The van der Waals surface area contributed by atoms with Gasteiger partial charge in [0.2, 0.25) is 0 Å². The average Bonchev–Trinajstić information content (AvgIpc) is 3.39. The van der Waals surface area contributed by atoms with Crippen LogP contribution in [0.3, 0.4) is 0 Å². The Morgan fingerprint density at radius 2 is 1.84 bits per heavy atom. The molecule has 2 fully saturated rings. The van der Waals surface area contributed by atoms with Crippen LogP contribution < -0.4 is 4.74 Å². The molecule has 0 radical (unpaired) electrons. The van der Waals surface area contributed by atoms with E-state index in [0.717, 1.165) is 73.2 Å². The van der Waals surface area contributed by atoms with Crippen LogP contribution in [0.5, 0.6) is 5.75 Å². The van der Waals surface area contributed by atoms with Crippen LogP contribution >= 0.6 is 0 Å². The minimum Gasteiger partial charge on any atom is -0.490 e. The Bertz CT molecular complexity index is 1110. The summed E-state index contributed by atoms with van der Waals surface area (Å²) in [4.78, 5) is 6.52. The first-order chi connectivity index (χ1) is 15.7. The molecule has 3 heterocycles. The molecule has 0 bridgehead atoms. The fourth-order valence-corrected chi connectivity index (χ4v) is 4.61. The summed E-state index contributed by atoms with van der Waals surface area (Å²) < 4.78 is 11.8. The molecule has 2 aromatic carbocycles. The summed E-state index contributed by atoms with van der Waals surface area (Å²) >= 11 is 0. The van der Waals surface area contributed by atoms with Crippen LogP contribution in [0.15, 0.2) is 54.7 Å². The van der Waals surface area contributed by atoms with E-state index in [9.17, 15) is 5.11 Å². The second-order valence-electron chi connectivity index (χ2n) is 8.59. The number of ether oxygens (including phenoxy) is 2. The van der Waals surface area contributed by atoms with E-state index in [4.69, 9.17) is 14.7 Å². The lowest BCUT2D eigenvalue weighted by molar-refractivity contribution is -0.104. The molecule has 5 rings (SSSR count). The van der Waals surface area contributed by atoms with Crippen LogP contribution in [-0.4, -0.2) is 53.1 Å². The van der Waals surface area contributed by atoms with Gasteiger partial charge in [0.15, 0.2) is 0 Å². The highest BCUT2D eigenvalue weighted by Gasteiger charge is 2.32. The van der Waals surface area contributed by atoms with E-state index in [2.05, 4.69) is 34.2 Å². The molecule has 6 nitrogen and oxygen atoms in total. The number of hydrogen-bond acceptors (Lipinski definition) is 6. The van der Waals surface area contributed by atoms with E-state index >= 15 is 0 Å². The third kappa shape index (κ3) is 4.46. The van der Waals surface area contributed by atoms with Crippen molar-refractivity contribution in [1.29, 1.82) is 5.26 Å². The highest BCUT2D eigenvalue weighted by molar-refractivity contribution is 5.85. The topological polar surface area (TPSA) is 78.6 Å². The standard InChI is InChI=1S/C26H27N3O3/c27-16-18-14-21-4-3-20(15-24(21)28-17-18)19-5-7-22(8-6-19)32-23-9-11-29(12-10-23)26(30)25-2-1-13-31-25/h3-8,14-15,17,23,25-26,30H,1-2,9-13H2/t25-,26?/m1/s1. The lowest BCUT2D eigenvalue weighted by Crippen LogP contribution is -2.48. The number of nitriles is 1. The SMILES string of the molecule is N#Cc1cnc2cc(-c3ccc(OC4CCN(C(O)[C@H]5CCCO5)CC4)cc3)ccc2c1. The molecule has 2 aliphatic heterocycles. The minimum absolute atomic E-state index is 0.0429. The fraction of sp³-hybridized carbons (Fsp3) is 0.385. The summed E-state index contributed by atoms with van der Waals surface area (Å²) in [6.45, 7) is 2.40. The Labute approximate surface area is 188 Å². The molecule has 6 heteroatoms. The van der Waals surface area contributed by atoms with E-state index in [-0.39, 0.29) is 12.2 Å². The Morgan fingerprint density at radius 1 is 1.06 bits per heavy atom. The van der Waals surface area contributed by atoms with E-state index in [0.29, 0.717) is 5.56 Å². The first-order valence-electron chi connectivity index (χ1n) is 11.3. The average molecular weight is 430 g/mol. The Kier molecular flexibility index (Phi) is 6.04. The van der Waals surface area contributed by atoms with Crippen molar-refractivity contribution in [3.05, 3.63) is 60.3 Å². The van der Waals surface area contributed by atoms with Gasteiger partial charge in [0.1, 0.15) is 24.2 Å². The third-order valence-electron chi connectivity index (χ3n) is 6.45. The van der Waals surface area contributed by atoms with Crippen molar-refractivity contribution < 1.29 is 14.6 Å². The van der Waals surface area contributed by atoms with Gasteiger partial charge in [-0.25, -0.2) is 0 Å². The van der Waals surface area contributed by atoms with E-state index in [1.807, 2.05) is 30.3 Å². The van der Waals surface area contributed by atoms with Crippen molar-refractivity contribution in [3.8, 4) is 22.9 Å². The molecule has 0 spiro atoms. The van der Waals surface area contributed by atoms with Crippen LogP contribution in [-0.2, 0) is 4.74 Å². The number of likely N-dealkylation sites (tertiary alicyclic amines) is 1. The predicted octanol–water partition coefficient (Wildman–Crippen LogP) is 4.11. The molecule has 164 valence electrons. The van der Waals surface area contributed by atoms with Crippen molar-refractivity contribution >= 4 is 10.9 Å². The van der Waals surface area contributed by atoms with Gasteiger partial charge in [-0.3, -0.25) is 9.88 Å². The van der Waals surface area contributed by atoms with Crippen LogP contribution in [0, 0.1) is 11.3 Å². The number of aliphatic hydroxyl groups excluding tert-OH is 1. The summed E-state index contributed by atoms with van der Waals surface area (Å²) in [5.74, 6) is 0.865. The fourth-order valence-electron chi connectivity index (χ4n) is 4.61. The van der Waals surface area contributed by atoms with Crippen LogP contribution in [0.25, 0.3) is 22.0 Å². The normalized spacial score (nSPS) is 20.8. The number of aromatic nitrogens is 1. The number of nitrogens with zero attached hydrogens (tertiary/aromatic N) is 3. The van der Waals surface area contributed by atoms with Crippen molar-refractivity contribution in [1.82, 2.24) is 9.88 Å². The van der Waals surface area contributed by atoms with Crippen LogP contribution in [0.4, 0.5) is 0 Å². The van der Waals surface area contributed by atoms with Gasteiger partial charge < -0.3 is 14.6 Å². The van der Waals surface area contributed by atoms with Gasteiger partial charge in [-0.15, -0.1) is 0 Å². The molecule has 32 heavy (non-hydrogen) atoms. The maximum absolute atomic E-state index is 10.5. The zero-order chi connectivity index (χ0) is 21.9. The van der Waals surface area contributed by atoms with E-state index in [1.165, 1.54) is 0 Å². The molecule has 3 aromatic rings. The van der Waals surface area contributed by atoms with Gasteiger partial charge in [-0.2, -0.15) is 5.26 Å². The summed E-state index contributed by atoms with van der Waals surface area (Å²) in [7, 11) is 0. The molecule has 2 saturated heterocycles. The number of fused-ring (bicyclic) bond motifs is 1. The largest absolute Gasteiger partial charge is 0.490 e.